The predicted molar refractivity (Wildman–Crippen MR) is 105 cm³/mol. The molecular weight excluding hydrogens is 362 g/mol. The standard InChI is InChI=1S/C19H25N5O2S/c1-11-7-8-14-13(9-11)17(23-21-14)18(25)20-19-24-22-16(27-19)10-12-5-3-4-6-15(12)26-2/h3-6,11,13-14,17,21,23H,7-10H2,1-2H3,(H,20,24,25). The van der Waals surface area contributed by atoms with Gasteiger partial charge in [0.2, 0.25) is 11.0 Å². The fraction of sp³-hybridized carbons (Fsp3) is 0.526. The first-order chi connectivity index (χ1) is 13.1. The molecule has 4 unspecified atom stereocenters. The van der Waals surface area contributed by atoms with E-state index in [0.29, 0.717) is 29.4 Å². The Bertz CT molecular complexity index is 811. The smallest absolute Gasteiger partial charge is 0.245 e. The van der Waals surface area contributed by atoms with Gasteiger partial charge in [-0.1, -0.05) is 36.5 Å². The van der Waals surface area contributed by atoms with Gasteiger partial charge in [0.1, 0.15) is 16.8 Å². The lowest BCUT2D eigenvalue weighted by Gasteiger charge is -2.30. The van der Waals surface area contributed by atoms with Crippen LogP contribution >= 0.6 is 11.3 Å². The molecule has 7 nitrogen and oxygen atoms in total. The molecule has 1 saturated carbocycles. The number of carbonyl (C=O) groups is 1. The van der Waals surface area contributed by atoms with Crippen molar-refractivity contribution in [3.05, 3.63) is 34.8 Å². The average Bonchev–Trinajstić information content (AvgIpc) is 3.28. The second-order valence-corrected chi connectivity index (χ2v) is 8.50. The average molecular weight is 388 g/mol. The molecule has 2 aliphatic rings. The lowest BCUT2D eigenvalue weighted by atomic mass is 9.76. The summed E-state index contributed by atoms with van der Waals surface area (Å²) in [6.45, 7) is 2.26. The van der Waals surface area contributed by atoms with E-state index in [1.54, 1.807) is 7.11 Å². The monoisotopic (exact) mass is 387 g/mol. The molecule has 144 valence electrons. The molecule has 1 aromatic carbocycles. The van der Waals surface area contributed by atoms with Gasteiger partial charge < -0.3 is 4.74 Å². The summed E-state index contributed by atoms with van der Waals surface area (Å²) in [5.41, 5.74) is 7.52. The first-order valence-corrected chi connectivity index (χ1v) is 10.2. The molecule has 1 amide bonds. The van der Waals surface area contributed by atoms with Crippen molar-refractivity contribution in [1.29, 1.82) is 0 Å². The van der Waals surface area contributed by atoms with Crippen LogP contribution in [0.3, 0.4) is 0 Å². The maximum atomic E-state index is 12.7. The highest BCUT2D eigenvalue weighted by atomic mass is 32.1. The van der Waals surface area contributed by atoms with Crippen molar-refractivity contribution in [2.24, 2.45) is 11.8 Å². The van der Waals surface area contributed by atoms with Gasteiger partial charge in [0.25, 0.3) is 0 Å². The highest BCUT2D eigenvalue weighted by Crippen LogP contribution is 2.34. The number of hydrogen-bond donors (Lipinski definition) is 3. The van der Waals surface area contributed by atoms with Crippen LogP contribution in [0.25, 0.3) is 0 Å². The molecule has 2 aromatic rings. The third-order valence-electron chi connectivity index (χ3n) is 5.53. The summed E-state index contributed by atoms with van der Waals surface area (Å²) >= 11 is 1.41. The molecule has 8 heteroatoms. The molecule has 1 aromatic heterocycles. The normalized spacial score (nSPS) is 27.2. The number of hydrazine groups is 1. The molecule has 0 bridgehead atoms. The minimum Gasteiger partial charge on any atom is -0.496 e. The number of hydrogen-bond acceptors (Lipinski definition) is 7. The van der Waals surface area contributed by atoms with Crippen LogP contribution in [-0.4, -0.2) is 35.3 Å². The Labute approximate surface area is 162 Å². The van der Waals surface area contributed by atoms with Crippen LogP contribution in [0.5, 0.6) is 5.75 Å². The summed E-state index contributed by atoms with van der Waals surface area (Å²) in [4.78, 5) is 12.7. The van der Waals surface area contributed by atoms with Gasteiger partial charge in [0.05, 0.1) is 7.11 Å². The van der Waals surface area contributed by atoms with Crippen LogP contribution in [0.15, 0.2) is 24.3 Å². The van der Waals surface area contributed by atoms with Crippen molar-refractivity contribution < 1.29 is 9.53 Å². The Morgan fingerprint density at radius 2 is 2.15 bits per heavy atom. The zero-order valence-electron chi connectivity index (χ0n) is 15.6. The number of benzene rings is 1. The largest absolute Gasteiger partial charge is 0.496 e. The third-order valence-corrected chi connectivity index (χ3v) is 6.37. The SMILES string of the molecule is COc1ccccc1Cc1nnc(NC(=O)C2NNC3CCC(C)CC32)s1. The van der Waals surface area contributed by atoms with Crippen LogP contribution in [0.2, 0.25) is 0 Å². The van der Waals surface area contributed by atoms with Crippen LogP contribution < -0.4 is 20.9 Å². The summed E-state index contributed by atoms with van der Waals surface area (Å²) in [5.74, 6) is 1.79. The van der Waals surface area contributed by atoms with E-state index in [4.69, 9.17) is 4.74 Å². The quantitative estimate of drug-likeness (QED) is 0.730. The Morgan fingerprint density at radius 1 is 1.30 bits per heavy atom. The summed E-state index contributed by atoms with van der Waals surface area (Å²) in [5, 5.41) is 12.7. The zero-order valence-corrected chi connectivity index (χ0v) is 16.4. The van der Waals surface area contributed by atoms with Gasteiger partial charge in [-0.25, -0.2) is 5.43 Å². The second kappa shape index (κ2) is 7.92. The first-order valence-electron chi connectivity index (χ1n) is 9.40. The molecule has 1 saturated heterocycles. The third kappa shape index (κ3) is 3.97. The van der Waals surface area contributed by atoms with Gasteiger partial charge in [0, 0.05) is 23.9 Å². The second-order valence-electron chi connectivity index (χ2n) is 7.43. The van der Waals surface area contributed by atoms with Crippen LogP contribution in [-0.2, 0) is 11.2 Å². The number of fused-ring (bicyclic) bond motifs is 1. The summed E-state index contributed by atoms with van der Waals surface area (Å²) in [6.07, 6.45) is 4.03. The molecule has 0 spiro atoms. The zero-order chi connectivity index (χ0) is 18.8. The summed E-state index contributed by atoms with van der Waals surface area (Å²) < 4.78 is 5.39. The molecular formula is C19H25N5O2S. The van der Waals surface area contributed by atoms with Crippen LogP contribution in [0, 0.1) is 11.8 Å². The maximum Gasteiger partial charge on any atom is 0.245 e. The number of nitrogens with zero attached hydrogens (tertiary/aromatic N) is 2. The van der Waals surface area contributed by atoms with E-state index in [0.717, 1.165) is 29.2 Å². The number of ether oxygens (including phenoxy) is 1. The van der Waals surface area contributed by atoms with E-state index < -0.39 is 0 Å². The van der Waals surface area contributed by atoms with E-state index in [2.05, 4.69) is 33.3 Å². The minimum absolute atomic E-state index is 0.0379. The van der Waals surface area contributed by atoms with E-state index >= 15 is 0 Å². The molecule has 2 fully saturated rings. The van der Waals surface area contributed by atoms with E-state index in [1.165, 1.54) is 17.8 Å². The van der Waals surface area contributed by atoms with Crippen molar-refractivity contribution in [3.63, 3.8) is 0 Å². The van der Waals surface area contributed by atoms with Crippen molar-refractivity contribution in [1.82, 2.24) is 21.0 Å². The van der Waals surface area contributed by atoms with E-state index in [-0.39, 0.29) is 11.9 Å². The maximum absolute atomic E-state index is 12.7. The van der Waals surface area contributed by atoms with Crippen molar-refractivity contribution in [2.75, 3.05) is 12.4 Å². The molecule has 3 N–H and O–H groups in total. The number of amides is 1. The number of rotatable bonds is 5. The molecule has 1 aliphatic carbocycles. The van der Waals surface area contributed by atoms with E-state index in [1.807, 2.05) is 24.3 Å². The Kier molecular flexibility index (Phi) is 5.38. The predicted octanol–water partition coefficient (Wildman–Crippen LogP) is 2.36. The van der Waals surface area contributed by atoms with Crippen LogP contribution in [0.1, 0.15) is 36.8 Å². The molecule has 27 heavy (non-hydrogen) atoms. The van der Waals surface area contributed by atoms with Gasteiger partial charge in [-0.05, 0) is 31.2 Å². The molecule has 1 aliphatic heterocycles. The van der Waals surface area contributed by atoms with Gasteiger partial charge in [0.15, 0.2) is 0 Å². The fourth-order valence-corrected chi connectivity index (χ4v) is 4.87. The fourth-order valence-electron chi connectivity index (χ4n) is 4.11. The molecule has 4 rings (SSSR count). The Morgan fingerprint density at radius 3 is 3.00 bits per heavy atom. The number of aromatic nitrogens is 2. The molecule has 4 atom stereocenters. The van der Waals surface area contributed by atoms with Crippen molar-refractivity contribution in [2.45, 2.75) is 44.7 Å². The number of nitrogens with one attached hydrogen (secondary N) is 3. The molecule has 2 heterocycles. The van der Waals surface area contributed by atoms with Crippen molar-refractivity contribution >= 4 is 22.4 Å². The van der Waals surface area contributed by atoms with Gasteiger partial charge in [-0.3, -0.25) is 15.5 Å². The van der Waals surface area contributed by atoms with E-state index in [9.17, 15) is 4.79 Å². The van der Waals surface area contributed by atoms with Gasteiger partial charge >= 0.3 is 0 Å². The van der Waals surface area contributed by atoms with Gasteiger partial charge in [-0.15, -0.1) is 10.2 Å². The Hall–Kier alpha value is -2.03. The first kappa shape index (κ1) is 18.3. The summed E-state index contributed by atoms with van der Waals surface area (Å²) in [7, 11) is 1.66. The number of para-hydroxylation sites is 1. The lowest BCUT2D eigenvalue weighted by Crippen LogP contribution is -2.42. The topological polar surface area (TPSA) is 88.2 Å². The summed E-state index contributed by atoms with van der Waals surface area (Å²) in [6, 6.07) is 8.01. The lowest BCUT2D eigenvalue weighted by molar-refractivity contribution is -0.119. The number of carbonyl (C=O) groups excluding carboxylic acids is 1. The minimum atomic E-state index is -0.223. The highest BCUT2D eigenvalue weighted by Gasteiger charge is 2.42. The number of methoxy groups -OCH3 is 1. The van der Waals surface area contributed by atoms with Crippen molar-refractivity contribution in [3.8, 4) is 5.75 Å². The van der Waals surface area contributed by atoms with Crippen LogP contribution in [0.4, 0.5) is 5.13 Å². The number of anilines is 1. The molecule has 0 radical (unpaired) electrons. The Balaban J connectivity index is 1.40. The highest BCUT2D eigenvalue weighted by molar-refractivity contribution is 7.15. The van der Waals surface area contributed by atoms with Gasteiger partial charge in [-0.2, -0.15) is 0 Å².